The Morgan fingerprint density at radius 1 is 1.08 bits per heavy atom. The van der Waals surface area contributed by atoms with Crippen LogP contribution in [0.5, 0.6) is 0 Å². The molecule has 0 radical (unpaired) electrons. The van der Waals surface area contributed by atoms with Crippen molar-refractivity contribution in [1.82, 2.24) is 5.43 Å². The van der Waals surface area contributed by atoms with E-state index < -0.39 is 18.0 Å². The molecule has 2 aliphatic carbocycles. The topological polar surface area (TPSA) is 41.5 Å². The van der Waals surface area contributed by atoms with E-state index in [0.717, 1.165) is 17.2 Å². The third-order valence-corrected chi connectivity index (χ3v) is 5.75. The van der Waals surface area contributed by atoms with Crippen LogP contribution in [0.15, 0.2) is 47.6 Å². The zero-order chi connectivity index (χ0) is 18.3. The Labute approximate surface area is 149 Å². The summed E-state index contributed by atoms with van der Waals surface area (Å²) in [4.78, 5) is 12.4. The lowest BCUT2D eigenvalue weighted by Crippen LogP contribution is -2.33. The summed E-state index contributed by atoms with van der Waals surface area (Å²) < 4.78 is 39.3. The molecule has 1 N–H and O–H groups in total. The number of carbonyl (C=O) groups excluding carboxylic acids is 1. The molecule has 2 aromatic rings. The molecule has 26 heavy (non-hydrogen) atoms. The van der Waals surface area contributed by atoms with Crippen molar-refractivity contribution < 1.29 is 18.0 Å². The van der Waals surface area contributed by atoms with Gasteiger partial charge in [-0.15, -0.1) is 0 Å². The number of benzene rings is 2. The minimum Gasteiger partial charge on any atom is -0.267 e. The van der Waals surface area contributed by atoms with Gasteiger partial charge in [-0.3, -0.25) is 4.79 Å². The number of amides is 1. The Bertz CT molecular complexity index is 856. The molecule has 2 aliphatic rings. The summed E-state index contributed by atoms with van der Waals surface area (Å²) in [6, 6.07) is 13.0. The Morgan fingerprint density at radius 3 is 2.62 bits per heavy atom. The number of carbonyl (C=O) groups is 1. The van der Waals surface area contributed by atoms with Gasteiger partial charge in [0.15, 0.2) is 0 Å². The average Bonchev–Trinajstić information content (AvgIpc) is 3.21. The lowest BCUT2D eigenvalue weighted by Gasteiger charge is -2.28. The summed E-state index contributed by atoms with van der Waals surface area (Å²) in [5.41, 5.74) is 2.98. The molecule has 4 atom stereocenters. The minimum absolute atomic E-state index is 0.122. The van der Waals surface area contributed by atoms with Crippen LogP contribution in [0, 0.1) is 23.7 Å². The zero-order valence-electron chi connectivity index (χ0n) is 14.0. The van der Waals surface area contributed by atoms with Crippen molar-refractivity contribution in [2.24, 2.45) is 28.8 Å². The van der Waals surface area contributed by atoms with Crippen molar-refractivity contribution >= 4 is 22.9 Å². The van der Waals surface area contributed by atoms with E-state index in [1.165, 1.54) is 6.21 Å². The molecule has 136 valence electrons. The number of fused-ring (bicyclic) bond motifs is 3. The zero-order valence-corrected chi connectivity index (χ0v) is 14.0. The van der Waals surface area contributed by atoms with Crippen LogP contribution in [0.1, 0.15) is 29.6 Å². The molecule has 0 heterocycles. The van der Waals surface area contributed by atoms with Gasteiger partial charge in [-0.05, 0) is 53.9 Å². The van der Waals surface area contributed by atoms with Crippen molar-refractivity contribution in [1.29, 1.82) is 0 Å². The van der Waals surface area contributed by atoms with Gasteiger partial charge in [0.25, 0.3) is 5.91 Å². The highest BCUT2D eigenvalue weighted by atomic mass is 19.4. The van der Waals surface area contributed by atoms with E-state index in [-0.39, 0.29) is 24.2 Å². The molecule has 0 aromatic heterocycles. The fraction of sp³-hybridized carbons (Fsp3) is 0.400. The predicted molar refractivity (Wildman–Crippen MR) is 93.8 cm³/mol. The maximum Gasteiger partial charge on any atom is 0.392 e. The number of rotatable bonds is 3. The van der Waals surface area contributed by atoms with Crippen LogP contribution in [0.25, 0.3) is 10.8 Å². The van der Waals surface area contributed by atoms with Crippen molar-refractivity contribution in [3.63, 3.8) is 0 Å². The largest absolute Gasteiger partial charge is 0.392 e. The highest BCUT2D eigenvalue weighted by molar-refractivity contribution is 6.07. The van der Waals surface area contributed by atoms with Gasteiger partial charge in [-0.1, -0.05) is 36.4 Å². The quantitative estimate of drug-likeness (QED) is 0.621. The average molecular weight is 360 g/mol. The number of hydrogen-bond acceptors (Lipinski definition) is 2. The van der Waals surface area contributed by atoms with Crippen molar-refractivity contribution in [2.75, 3.05) is 0 Å². The van der Waals surface area contributed by atoms with E-state index in [0.29, 0.717) is 12.0 Å². The third kappa shape index (κ3) is 3.08. The molecular formula is C20H19F3N2O. The van der Waals surface area contributed by atoms with E-state index in [4.69, 9.17) is 0 Å². The highest BCUT2D eigenvalue weighted by Crippen LogP contribution is 2.56. The second-order valence-corrected chi connectivity index (χ2v) is 7.29. The van der Waals surface area contributed by atoms with Crippen molar-refractivity contribution in [3.05, 3.63) is 48.0 Å². The van der Waals surface area contributed by atoms with Crippen molar-refractivity contribution in [2.45, 2.75) is 25.4 Å². The number of nitrogens with zero attached hydrogens (tertiary/aromatic N) is 1. The van der Waals surface area contributed by atoms with Crippen LogP contribution in [0.3, 0.4) is 0 Å². The van der Waals surface area contributed by atoms with Gasteiger partial charge in [0.2, 0.25) is 0 Å². The molecule has 2 saturated carbocycles. The minimum atomic E-state index is -4.14. The van der Waals surface area contributed by atoms with Crippen LogP contribution in [-0.4, -0.2) is 18.3 Å². The molecule has 0 spiro atoms. The Kier molecular flexibility index (Phi) is 4.21. The first kappa shape index (κ1) is 17.1. The molecule has 0 aliphatic heterocycles. The van der Waals surface area contributed by atoms with Gasteiger partial charge >= 0.3 is 6.18 Å². The molecule has 2 bridgehead atoms. The number of alkyl halides is 3. The molecule has 3 nitrogen and oxygen atoms in total. The Morgan fingerprint density at radius 2 is 1.85 bits per heavy atom. The first-order valence-electron chi connectivity index (χ1n) is 8.81. The first-order chi connectivity index (χ1) is 12.4. The van der Waals surface area contributed by atoms with E-state index in [2.05, 4.69) is 10.5 Å². The van der Waals surface area contributed by atoms with E-state index >= 15 is 0 Å². The summed E-state index contributed by atoms with van der Waals surface area (Å²) in [7, 11) is 0. The second kappa shape index (κ2) is 6.41. The smallest absolute Gasteiger partial charge is 0.267 e. The van der Waals surface area contributed by atoms with Crippen LogP contribution in [0.2, 0.25) is 0 Å². The van der Waals surface area contributed by atoms with E-state index in [1.54, 1.807) is 12.1 Å². The molecule has 0 saturated heterocycles. The molecule has 0 unspecified atom stereocenters. The predicted octanol–water partition coefficient (Wildman–Crippen LogP) is 4.78. The highest BCUT2D eigenvalue weighted by Gasteiger charge is 2.56. The van der Waals surface area contributed by atoms with Gasteiger partial charge in [0.05, 0.1) is 5.92 Å². The van der Waals surface area contributed by atoms with Crippen LogP contribution < -0.4 is 5.43 Å². The number of hydrogen-bond donors (Lipinski definition) is 1. The second-order valence-electron chi connectivity index (χ2n) is 7.29. The first-order valence-corrected chi connectivity index (χ1v) is 8.81. The van der Waals surface area contributed by atoms with Crippen LogP contribution in [-0.2, 0) is 0 Å². The Hall–Kier alpha value is -2.37. The molecule has 1 amide bonds. The Balaban J connectivity index is 1.45. The van der Waals surface area contributed by atoms with Gasteiger partial charge in [-0.2, -0.15) is 18.3 Å². The maximum absolute atomic E-state index is 13.1. The van der Waals surface area contributed by atoms with Gasteiger partial charge in [0, 0.05) is 11.8 Å². The summed E-state index contributed by atoms with van der Waals surface area (Å²) >= 11 is 0. The van der Waals surface area contributed by atoms with Crippen molar-refractivity contribution in [3.8, 4) is 0 Å². The normalized spacial score (nSPS) is 28.1. The maximum atomic E-state index is 13.1. The van der Waals surface area contributed by atoms with Gasteiger partial charge in [-0.25, -0.2) is 5.43 Å². The SMILES string of the molecule is O=C(N/N=C\[C@H]1C[C@H]2C[C@@H]1[C@@H](C(F)(F)F)C2)c1cccc2ccccc12. The fourth-order valence-corrected chi connectivity index (χ4v) is 4.63. The van der Waals surface area contributed by atoms with E-state index in [1.807, 2.05) is 30.3 Å². The summed E-state index contributed by atoms with van der Waals surface area (Å²) in [5, 5.41) is 5.75. The molecular weight excluding hydrogens is 341 g/mol. The summed E-state index contributed by atoms with van der Waals surface area (Å²) in [6.07, 6.45) is -1.06. The van der Waals surface area contributed by atoms with E-state index in [9.17, 15) is 18.0 Å². The van der Waals surface area contributed by atoms with Crippen LogP contribution >= 0.6 is 0 Å². The number of nitrogens with one attached hydrogen (secondary N) is 1. The standard InChI is InChI=1S/C20H19F3N2O/c21-20(22,23)18-10-12-8-14(17(18)9-12)11-24-25-19(26)16-7-3-5-13-4-1-2-6-15(13)16/h1-7,11-12,14,17-18H,8-10H2,(H,25,26)/b24-11-/t12-,14+,17-,18-/m0/s1. The third-order valence-electron chi connectivity index (χ3n) is 5.75. The fourth-order valence-electron chi connectivity index (χ4n) is 4.63. The molecule has 6 heteroatoms. The number of halogens is 3. The molecule has 2 fully saturated rings. The van der Waals surface area contributed by atoms with Crippen LogP contribution in [0.4, 0.5) is 13.2 Å². The molecule has 2 aromatic carbocycles. The molecule has 4 rings (SSSR count). The summed E-state index contributed by atoms with van der Waals surface area (Å²) in [5.74, 6) is -2.08. The number of hydrazone groups is 1. The lowest BCUT2D eigenvalue weighted by molar-refractivity contribution is -0.189. The van der Waals surface area contributed by atoms with Gasteiger partial charge in [0.1, 0.15) is 0 Å². The van der Waals surface area contributed by atoms with Gasteiger partial charge < -0.3 is 0 Å². The monoisotopic (exact) mass is 360 g/mol. The summed E-state index contributed by atoms with van der Waals surface area (Å²) in [6.45, 7) is 0. The lowest BCUT2D eigenvalue weighted by atomic mass is 9.81.